The minimum Gasteiger partial charge on any atom is -0.329 e. The molecule has 2 N–H and O–H groups in total. The molecule has 0 saturated carbocycles. The van der Waals surface area contributed by atoms with Gasteiger partial charge in [-0.15, -0.1) is 0 Å². The molecule has 1 fully saturated rings. The molecule has 1 unspecified atom stereocenters. The van der Waals surface area contributed by atoms with Crippen molar-refractivity contribution in [1.82, 2.24) is 9.80 Å². The fourth-order valence-corrected chi connectivity index (χ4v) is 2.52. The normalized spacial score (nSPS) is 22.2. The van der Waals surface area contributed by atoms with Crippen LogP contribution in [0.2, 0.25) is 0 Å². The maximum atomic E-state index is 5.84. The molecule has 0 bridgehead atoms. The molecule has 1 saturated heterocycles. The number of nitrogens with two attached hydrogens (primary N) is 1. The van der Waals surface area contributed by atoms with Crippen LogP contribution >= 0.6 is 0 Å². The molecule has 0 aromatic heterocycles. The van der Waals surface area contributed by atoms with Crippen LogP contribution in [0.4, 0.5) is 0 Å². The lowest BCUT2D eigenvalue weighted by molar-refractivity contribution is 0.105. The Morgan fingerprint density at radius 1 is 1.40 bits per heavy atom. The number of nitrogens with zero attached hydrogens (tertiary/aromatic N) is 2. The van der Waals surface area contributed by atoms with Gasteiger partial charge in [0.05, 0.1) is 0 Å². The van der Waals surface area contributed by atoms with E-state index in [0.717, 1.165) is 12.6 Å². The van der Waals surface area contributed by atoms with Crippen LogP contribution in [0.3, 0.4) is 0 Å². The van der Waals surface area contributed by atoms with Crippen LogP contribution in [-0.2, 0) is 0 Å². The summed E-state index contributed by atoms with van der Waals surface area (Å²) in [7, 11) is 4.46. The summed E-state index contributed by atoms with van der Waals surface area (Å²) in [6, 6.07) is 1.34. The summed E-state index contributed by atoms with van der Waals surface area (Å²) in [5.74, 6) is 0. The van der Waals surface area contributed by atoms with Crippen molar-refractivity contribution in [2.45, 2.75) is 44.7 Å². The number of hydrogen-bond acceptors (Lipinski definition) is 3. The van der Waals surface area contributed by atoms with Gasteiger partial charge in [-0.3, -0.25) is 4.90 Å². The van der Waals surface area contributed by atoms with Crippen LogP contribution in [-0.4, -0.2) is 55.6 Å². The first-order valence-electron chi connectivity index (χ1n) is 6.29. The SMILES string of the molecule is CCCC(CN)N(C)C1CCN(C)CC1. The van der Waals surface area contributed by atoms with Crippen LogP contribution < -0.4 is 5.73 Å². The van der Waals surface area contributed by atoms with Gasteiger partial charge in [0.1, 0.15) is 0 Å². The van der Waals surface area contributed by atoms with Crippen LogP contribution in [0.25, 0.3) is 0 Å². The molecule has 0 spiro atoms. The number of hydrogen-bond donors (Lipinski definition) is 1. The highest BCUT2D eigenvalue weighted by Gasteiger charge is 2.24. The lowest BCUT2D eigenvalue weighted by Crippen LogP contribution is -2.48. The van der Waals surface area contributed by atoms with E-state index < -0.39 is 0 Å². The van der Waals surface area contributed by atoms with Crippen molar-refractivity contribution >= 4 is 0 Å². The standard InChI is InChI=1S/C12H27N3/c1-4-5-12(10-13)15(3)11-6-8-14(2)9-7-11/h11-12H,4-10,13H2,1-3H3. The molecule has 0 aliphatic carbocycles. The molecule has 1 atom stereocenters. The number of likely N-dealkylation sites (tertiary alicyclic amines) is 1. The molecule has 3 heteroatoms. The molecule has 1 aliphatic rings. The average molecular weight is 213 g/mol. The van der Waals surface area contributed by atoms with E-state index in [1.54, 1.807) is 0 Å². The van der Waals surface area contributed by atoms with E-state index in [9.17, 15) is 0 Å². The third kappa shape index (κ3) is 3.74. The second kappa shape index (κ2) is 6.46. The molecule has 1 heterocycles. The molecule has 15 heavy (non-hydrogen) atoms. The third-order valence-electron chi connectivity index (χ3n) is 3.73. The van der Waals surface area contributed by atoms with Crippen LogP contribution in [0, 0.1) is 0 Å². The molecule has 0 aromatic carbocycles. The summed E-state index contributed by atoms with van der Waals surface area (Å²) in [6.45, 7) is 5.51. The minimum atomic E-state index is 0.586. The highest BCUT2D eigenvalue weighted by molar-refractivity contribution is 4.81. The fraction of sp³-hybridized carbons (Fsp3) is 1.00. The molecular weight excluding hydrogens is 186 g/mol. The minimum absolute atomic E-state index is 0.586. The summed E-state index contributed by atoms with van der Waals surface area (Å²) in [5.41, 5.74) is 5.84. The Balaban J connectivity index is 2.40. The second-order valence-electron chi connectivity index (χ2n) is 4.88. The average Bonchev–Trinajstić information content (AvgIpc) is 2.26. The molecule has 90 valence electrons. The highest BCUT2D eigenvalue weighted by Crippen LogP contribution is 2.17. The first-order chi connectivity index (χ1) is 7.19. The van der Waals surface area contributed by atoms with Crippen molar-refractivity contribution in [1.29, 1.82) is 0 Å². The van der Waals surface area contributed by atoms with Gasteiger partial charge in [-0.2, -0.15) is 0 Å². The van der Waals surface area contributed by atoms with Crippen molar-refractivity contribution in [3.05, 3.63) is 0 Å². The van der Waals surface area contributed by atoms with E-state index in [1.807, 2.05) is 0 Å². The number of rotatable bonds is 5. The molecule has 0 radical (unpaired) electrons. The van der Waals surface area contributed by atoms with Gasteiger partial charge in [-0.05, 0) is 46.4 Å². The zero-order chi connectivity index (χ0) is 11.3. The Kier molecular flexibility index (Phi) is 5.58. The number of piperidine rings is 1. The maximum absolute atomic E-state index is 5.84. The van der Waals surface area contributed by atoms with E-state index in [-0.39, 0.29) is 0 Å². The first kappa shape index (κ1) is 12.9. The summed E-state index contributed by atoms with van der Waals surface area (Å²) in [6.07, 6.45) is 5.07. The Morgan fingerprint density at radius 3 is 2.47 bits per heavy atom. The van der Waals surface area contributed by atoms with Gasteiger partial charge in [-0.1, -0.05) is 13.3 Å². The van der Waals surface area contributed by atoms with Crippen LogP contribution in [0.15, 0.2) is 0 Å². The van der Waals surface area contributed by atoms with E-state index in [0.29, 0.717) is 6.04 Å². The highest BCUT2D eigenvalue weighted by atomic mass is 15.2. The van der Waals surface area contributed by atoms with Gasteiger partial charge in [0, 0.05) is 18.6 Å². The monoisotopic (exact) mass is 213 g/mol. The molecule has 1 rings (SSSR count). The van der Waals surface area contributed by atoms with Gasteiger partial charge in [-0.25, -0.2) is 0 Å². The zero-order valence-electron chi connectivity index (χ0n) is 10.6. The lowest BCUT2D eigenvalue weighted by atomic mass is 10.0. The van der Waals surface area contributed by atoms with Crippen LogP contribution in [0.5, 0.6) is 0 Å². The lowest BCUT2D eigenvalue weighted by Gasteiger charge is -2.39. The largest absolute Gasteiger partial charge is 0.329 e. The van der Waals surface area contributed by atoms with Crippen molar-refractivity contribution in [2.24, 2.45) is 5.73 Å². The van der Waals surface area contributed by atoms with Gasteiger partial charge < -0.3 is 10.6 Å². The van der Waals surface area contributed by atoms with E-state index in [2.05, 4.69) is 30.8 Å². The van der Waals surface area contributed by atoms with E-state index >= 15 is 0 Å². The fourth-order valence-electron chi connectivity index (χ4n) is 2.52. The van der Waals surface area contributed by atoms with E-state index in [1.165, 1.54) is 38.8 Å². The van der Waals surface area contributed by atoms with Crippen molar-refractivity contribution in [2.75, 3.05) is 33.7 Å². The van der Waals surface area contributed by atoms with Crippen LogP contribution in [0.1, 0.15) is 32.6 Å². The predicted molar refractivity (Wildman–Crippen MR) is 66.0 cm³/mol. The topological polar surface area (TPSA) is 32.5 Å². The molecular formula is C12H27N3. The summed E-state index contributed by atoms with van der Waals surface area (Å²) >= 11 is 0. The maximum Gasteiger partial charge on any atom is 0.0218 e. The molecule has 0 amide bonds. The smallest absolute Gasteiger partial charge is 0.0218 e. The summed E-state index contributed by atoms with van der Waals surface area (Å²) < 4.78 is 0. The Hall–Kier alpha value is -0.120. The second-order valence-corrected chi connectivity index (χ2v) is 4.88. The first-order valence-corrected chi connectivity index (χ1v) is 6.29. The van der Waals surface area contributed by atoms with Gasteiger partial charge in [0.25, 0.3) is 0 Å². The van der Waals surface area contributed by atoms with Gasteiger partial charge in [0.15, 0.2) is 0 Å². The summed E-state index contributed by atoms with van der Waals surface area (Å²) in [5, 5.41) is 0. The van der Waals surface area contributed by atoms with Gasteiger partial charge >= 0.3 is 0 Å². The Labute approximate surface area is 94.6 Å². The quantitative estimate of drug-likeness (QED) is 0.743. The van der Waals surface area contributed by atoms with Crippen molar-refractivity contribution < 1.29 is 0 Å². The third-order valence-corrected chi connectivity index (χ3v) is 3.73. The van der Waals surface area contributed by atoms with Crippen molar-refractivity contribution in [3.8, 4) is 0 Å². The van der Waals surface area contributed by atoms with Gasteiger partial charge in [0.2, 0.25) is 0 Å². The van der Waals surface area contributed by atoms with E-state index in [4.69, 9.17) is 5.73 Å². The Bertz CT molecular complexity index is 164. The zero-order valence-corrected chi connectivity index (χ0v) is 10.6. The molecule has 1 aliphatic heterocycles. The summed E-state index contributed by atoms with van der Waals surface area (Å²) in [4.78, 5) is 4.94. The number of likely N-dealkylation sites (N-methyl/N-ethyl adjacent to an activating group) is 1. The Morgan fingerprint density at radius 2 is 2.00 bits per heavy atom. The predicted octanol–water partition coefficient (Wildman–Crippen LogP) is 1.14. The molecule has 0 aromatic rings. The van der Waals surface area contributed by atoms with Crippen molar-refractivity contribution in [3.63, 3.8) is 0 Å². The molecule has 3 nitrogen and oxygen atoms in total.